The molecule has 1 aromatic rings. The second kappa shape index (κ2) is 8.48. The largest absolute Gasteiger partial charge is 0.391 e. The molecule has 2 unspecified atom stereocenters. The van der Waals surface area contributed by atoms with Crippen molar-refractivity contribution in [1.29, 1.82) is 0 Å². The van der Waals surface area contributed by atoms with E-state index >= 15 is 0 Å². The minimum Gasteiger partial charge on any atom is -0.391 e. The van der Waals surface area contributed by atoms with Gasteiger partial charge in [0.2, 0.25) is 0 Å². The van der Waals surface area contributed by atoms with Gasteiger partial charge < -0.3 is 15.7 Å². The van der Waals surface area contributed by atoms with Crippen molar-refractivity contribution in [2.75, 3.05) is 13.1 Å². The lowest BCUT2D eigenvalue weighted by molar-refractivity contribution is 0.114. The first-order valence-electron chi connectivity index (χ1n) is 7.88. The number of carbonyl (C=O) groups is 1. The molecule has 2 atom stereocenters. The van der Waals surface area contributed by atoms with Crippen LogP contribution in [0.3, 0.4) is 0 Å². The molecule has 5 nitrogen and oxygen atoms in total. The maximum atomic E-state index is 11.7. The van der Waals surface area contributed by atoms with Crippen LogP contribution >= 0.6 is 11.3 Å². The third kappa shape index (κ3) is 6.32. The molecule has 22 heavy (non-hydrogen) atoms. The van der Waals surface area contributed by atoms with Crippen molar-refractivity contribution in [3.05, 3.63) is 16.1 Å². The number of hydrogen-bond acceptors (Lipinski definition) is 4. The summed E-state index contributed by atoms with van der Waals surface area (Å²) in [4.78, 5) is 16.3. The highest BCUT2D eigenvalue weighted by Crippen LogP contribution is 2.23. The maximum absolute atomic E-state index is 11.7. The van der Waals surface area contributed by atoms with E-state index in [0.717, 1.165) is 23.5 Å². The number of aliphatic hydroxyl groups is 1. The van der Waals surface area contributed by atoms with E-state index in [4.69, 9.17) is 0 Å². The molecule has 0 aliphatic heterocycles. The smallest absolute Gasteiger partial charge is 0.314 e. The summed E-state index contributed by atoms with van der Waals surface area (Å²) in [6, 6.07) is -0.241. The van der Waals surface area contributed by atoms with Crippen molar-refractivity contribution in [3.8, 4) is 0 Å². The van der Waals surface area contributed by atoms with Crippen molar-refractivity contribution in [2.24, 2.45) is 5.92 Å². The molecule has 6 heteroatoms. The minimum absolute atomic E-state index is 0.0612. The van der Waals surface area contributed by atoms with Gasteiger partial charge in [-0.25, -0.2) is 9.78 Å². The first kappa shape index (κ1) is 18.9. The Morgan fingerprint density at radius 3 is 2.64 bits per heavy atom. The average Bonchev–Trinajstić information content (AvgIpc) is 2.92. The summed E-state index contributed by atoms with van der Waals surface area (Å²) in [7, 11) is 0. The highest BCUT2D eigenvalue weighted by Gasteiger charge is 2.17. The number of nitrogens with one attached hydrogen (secondary N) is 2. The summed E-state index contributed by atoms with van der Waals surface area (Å²) in [6.07, 6.45) is 1.12. The Morgan fingerprint density at radius 2 is 2.09 bits per heavy atom. The quantitative estimate of drug-likeness (QED) is 0.721. The van der Waals surface area contributed by atoms with Crippen LogP contribution in [0.2, 0.25) is 0 Å². The van der Waals surface area contributed by atoms with E-state index < -0.39 is 6.10 Å². The zero-order valence-corrected chi connectivity index (χ0v) is 15.1. The Balaban J connectivity index is 2.26. The van der Waals surface area contributed by atoms with Crippen LogP contribution in [0.1, 0.15) is 51.7 Å². The number of amides is 2. The van der Waals surface area contributed by atoms with Crippen LogP contribution in [-0.2, 0) is 11.8 Å². The summed E-state index contributed by atoms with van der Waals surface area (Å²) in [5.41, 5.74) is 1.15. The SMILES string of the molecule is CCC(C)C(O)CNC(=O)NCCc1nc(C(C)(C)C)cs1. The molecule has 0 fully saturated rings. The molecular formula is C16H29N3O2S. The lowest BCUT2D eigenvalue weighted by Gasteiger charge is -2.17. The van der Waals surface area contributed by atoms with Gasteiger partial charge in [0.25, 0.3) is 0 Å². The Kier molecular flexibility index (Phi) is 7.29. The molecule has 2 amide bonds. The molecule has 0 bridgehead atoms. The number of rotatable bonds is 7. The maximum Gasteiger partial charge on any atom is 0.314 e. The van der Waals surface area contributed by atoms with Gasteiger partial charge in [-0.2, -0.15) is 0 Å². The van der Waals surface area contributed by atoms with E-state index in [2.05, 4.69) is 41.8 Å². The van der Waals surface area contributed by atoms with Gasteiger partial charge in [0, 0.05) is 30.3 Å². The van der Waals surface area contributed by atoms with Crippen LogP contribution in [-0.4, -0.2) is 35.3 Å². The summed E-state index contributed by atoms with van der Waals surface area (Å²) in [6.45, 7) is 11.2. The number of hydrogen-bond donors (Lipinski definition) is 3. The normalized spacial score (nSPS) is 14.5. The fourth-order valence-corrected chi connectivity index (χ4v) is 2.81. The van der Waals surface area contributed by atoms with Crippen LogP contribution in [0.15, 0.2) is 5.38 Å². The standard InChI is InChI=1S/C16H29N3O2S/c1-6-11(2)12(20)9-18-15(21)17-8-7-14-19-13(10-22-14)16(3,4)5/h10-12,20H,6-9H2,1-5H3,(H2,17,18,21). The Hall–Kier alpha value is -1.14. The molecule has 126 valence electrons. The zero-order valence-electron chi connectivity index (χ0n) is 14.3. The molecule has 0 aliphatic carbocycles. The van der Waals surface area contributed by atoms with E-state index in [0.29, 0.717) is 6.54 Å². The molecule has 1 heterocycles. The average molecular weight is 327 g/mol. The molecule has 0 aromatic carbocycles. The predicted molar refractivity (Wildman–Crippen MR) is 91.4 cm³/mol. The minimum atomic E-state index is -0.496. The van der Waals surface area contributed by atoms with E-state index in [-0.39, 0.29) is 23.9 Å². The van der Waals surface area contributed by atoms with Crippen LogP contribution in [0.25, 0.3) is 0 Å². The van der Waals surface area contributed by atoms with Gasteiger partial charge in [0.1, 0.15) is 0 Å². The monoisotopic (exact) mass is 327 g/mol. The zero-order chi connectivity index (χ0) is 16.8. The van der Waals surface area contributed by atoms with Gasteiger partial charge in [0.15, 0.2) is 0 Å². The highest BCUT2D eigenvalue weighted by molar-refractivity contribution is 7.09. The number of carbonyl (C=O) groups excluding carboxylic acids is 1. The van der Waals surface area contributed by atoms with Gasteiger partial charge in [-0.15, -0.1) is 11.3 Å². The lowest BCUT2D eigenvalue weighted by Crippen LogP contribution is -2.42. The highest BCUT2D eigenvalue weighted by atomic mass is 32.1. The molecule has 0 saturated heterocycles. The molecule has 0 spiro atoms. The fourth-order valence-electron chi connectivity index (χ4n) is 1.79. The number of urea groups is 1. The van der Waals surface area contributed by atoms with Gasteiger partial charge in [-0.1, -0.05) is 41.0 Å². The van der Waals surface area contributed by atoms with Crippen molar-refractivity contribution >= 4 is 17.4 Å². The number of aromatic nitrogens is 1. The van der Waals surface area contributed by atoms with E-state index in [1.165, 1.54) is 0 Å². The lowest BCUT2D eigenvalue weighted by atomic mass is 9.93. The summed E-state index contributed by atoms with van der Waals surface area (Å²) in [5, 5.41) is 18.4. The second-order valence-corrected chi connectivity index (χ2v) is 7.66. The van der Waals surface area contributed by atoms with E-state index in [1.54, 1.807) is 11.3 Å². The van der Waals surface area contributed by atoms with E-state index in [1.807, 2.05) is 13.8 Å². The fraction of sp³-hybridized carbons (Fsp3) is 0.750. The number of thiazole rings is 1. The van der Waals surface area contributed by atoms with Crippen LogP contribution in [0.5, 0.6) is 0 Å². The van der Waals surface area contributed by atoms with Crippen molar-refractivity contribution in [3.63, 3.8) is 0 Å². The Morgan fingerprint density at radius 1 is 1.41 bits per heavy atom. The molecule has 1 rings (SSSR count). The number of nitrogens with zero attached hydrogens (tertiary/aromatic N) is 1. The Labute approximate surface area is 137 Å². The summed E-state index contributed by atoms with van der Waals surface area (Å²) < 4.78 is 0. The van der Waals surface area contributed by atoms with Crippen LogP contribution < -0.4 is 10.6 Å². The molecule has 0 saturated carbocycles. The van der Waals surface area contributed by atoms with Crippen LogP contribution in [0.4, 0.5) is 4.79 Å². The number of aliphatic hydroxyl groups excluding tert-OH is 1. The first-order valence-corrected chi connectivity index (χ1v) is 8.76. The molecule has 3 N–H and O–H groups in total. The van der Waals surface area contributed by atoms with Gasteiger partial charge in [-0.3, -0.25) is 0 Å². The van der Waals surface area contributed by atoms with Gasteiger partial charge >= 0.3 is 6.03 Å². The van der Waals surface area contributed by atoms with Crippen molar-refractivity contribution < 1.29 is 9.90 Å². The molecule has 1 aromatic heterocycles. The topological polar surface area (TPSA) is 74.2 Å². The molecule has 0 aliphatic rings. The second-order valence-electron chi connectivity index (χ2n) is 6.72. The van der Waals surface area contributed by atoms with E-state index in [9.17, 15) is 9.90 Å². The summed E-state index contributed by atoms with van der Waals surface area (Å²) in [5.74, 6) is 0.187. The third-order valence-corrected chi connectivity index (χ3v) is 4.63. The first-order chi connectivity index (χ1) is 10.2. The molecular weight excluding hydrogens is 298 g/mol. The van der Waals surface area contributed by atoms with Crippen molar-refractivity contribution in [2.45, 2.75) is 59.0 Å². The summed E-state index contributed by atoms with van der Waals surface area (Å²) >= 11 is 1.63. The van der Waals surface area contributed by atoms with Crippen molar-refractivity contribution in [1.82, 2.24) is 15.6 Å². The third-order valence-electron chi connectivity index (χ3n) is 3.72. The molecule has 0 radical (unpaired) electrons. The predicted octanol–water partition coefficient (Wildman–Crippen LogP) is 2.69. The van der Waals surface area contributed by atoms with Crippen LogP contribution in [0, 0.1) is 5.92 Å². The Bertz CT molecular complexity index is 468. The van der Waals surface area contributed by atoms with Gasteiger partial charge in [0.05, 0.1) is 16.8 Å². The van der Waals surface area contributed by atoms with Gasteiger partial charge in [-0.05, 0) is 5.92 Å².